The molecule has 0 amide bonds. The number of fused-ring (bicyclic) bond motifs is 1. The van der Waals surface area contributed by atoms with Gasteiger partial charge in [0.15, 0.2) is 0 Å². The van der Waals surface area contributed by atoms with Crippen molar-refractivity contribution in [1.82, 2.24) is 0 Å². The summed E-state index contributed by atoms with van der Waals surface area (Å²) >= 11 is 0. The molecule has 1 saturated carbocycles. The van der Waals surface area contributed by atoms with E-state index in [-0.39, 0.29) is 18.6 Å². The van der Waals surface area contributed by atoms with Gasteiger partial charge in [0, 0.05) is 17.8 Å². The van der Waals surface area contributed by atoms with Gasteiger partial charge < -0.3 is 14.6 Å². The fraction of sp³-hybridized carbons (Fsp3) is 0.471. The van der Waals surface area contributed by atoms with Crippen LogP contribution in [-0.2, 0) is 14.3 Å². The molecule has 1 aliphatic heterocycles. The summed E-state index contributed by atoms with van der Waals surface area (Å²) in [5, 5.41) is 23.1. The standard InChI is InChI=1S/C17H18FNO6/c1-24-15(20)14-10-13(11-4-6-12(18)7-5-11)16(19(22)23)8-2-3-9-17(16,21)25-14/h4-7,10,13,21H,2-3,8-9H2,1H3/t13-,16-,17+/m1/s1. The Morgan fingerprint density at radius 2 is 2.00 bits per heavy atom. The lowest BCUT2D eigenvalue weighted by atomic mass is 9.65. The molecular weight excluding hydrogens is 333 g/mol. The van der Waals surface area contributed by atoms with E-state index in [9.17, 15) is 24.4 Å². The van der Waals surface area contributed by atoms with E-state index in [1.54, 1.807) is 0 Å². The van der Waals surface area contributed by atoms with Crippen LogP contribution in [0, 0.1) is 15.9 Å². The second-order valence-electron chi connectivity index (χ2n) is 6.33. The van der Waals surface area contributed by atoms with E-state index in [4.69, 9.17) is 4.74 Å². The van der Waals surface area contributed by atoms with E-state index < -0.39 is 34.0 Å². The molecule has 0 saturated heterocycles. The van der Waals surface area contributed by atoms with Crippen molar-refractivity contribution in [3.05, 3.63) is 57.6 Å². The molecule has 8 heteroatoms. The van der Waals surface area contributed by atoms with Crippen LogP contribution in [0.15, 0.2) is 36.1 Å². The molecule has 1 aromatic carbocycles. The molecule has 0 radical (unpaired) electrons. The number of nitro groups is 1. The Hall–Kier alpha value is -2.48. The molecule has 1 aliphatic carbocycles. The first-order chi connectivity index (χ1) is 11.8. The van der Waals surface area contributed by atoms with Crippen LogP contribution in [0.3, 0.4) is 0 Å². The molecule has 25 heavy (non-hydrogen) atoms. The molecule has 0 bridgehead atoms. The Labute approximate surface area is 143 Å². The van der Waals surface area contributed by atoms with Crippen molar-refractivity contribution >= 4 is 5.97 Å². The summed E-state index contributed by atoms with van der Waals surface area (Å²) in [6.45, 7) is 0. The van der Waals surface area contributed by atoms with E-state index in [1.807, 2.05) is 0 Å². The molecule has 0 spiro atoms. The number of carbonyl (C=O) groups is 1. The number of ether oxygens (including phenoxy) is 2. The van der Waals surface area contributed by atoms with Crippen LogP contribution >= 0.6 is 0 Å². The van der Waals surface area contributed by atoms with Crippen LogP contribution in [0.4, 0.5) is 4.39 Å². The molecular formula is C17H18FNO6. The van der Waals surface area contributed by atoms with Crippen LogP contribution in [-0.4, -0.2) is 34.4 Å². The second kappa shape index (κ2) is 6.11. The number of hydrogen-bond donors (Lipinski definition) is 1. The Balaban J connectivity index is 2.21. The molecule has 0 unspecified atom stereocenters. The Morgan fingerprint density at radius 3 is 2.60 bits per heavy atom. The summed E-state index contributed by atoms with van der Waals surface area (Å²) in [7, 11) is 1.15. The maximum Gasteiger partial charge on any atom is 0.373 e. The zero-order valence-electron chi connectivity index (χ0n) is 13.6. The molecule has 1 heterocycles. The summed E-state index contributed by atoms with van der Waals surface area (Å²) in [6.07, 6.45) is 2.44. The van der Waals surface area contributed by atoms with Gasteiger partial charge in [-0.05, 0) is 36.6 Å². The SMILES string of the molecule is COC(=O)C1=C[C@H](c2ccc(F)cc2)[C@]2([N+](=O)[O-])CCCC[C@]2(O)O1. The highest BCUT2D eigenvalue weighted by Crippen LogP contribution is 2.53. The molecule has 3 atom stereocenters. The summed E-state index contributed by atoms with van der Waals surface area (Å²) in [5.41, 5.74) is -1.44. The first kappa shape index (κ1) is 17.3. The maximum absolute atomic E-state index is 13.3. The number of esters is 1. The van der Waals surface area contributed by atoms with E-state index in [2.05, 4.69) is 4.74 Å². The van der Waals surface area contributed by atoms with Crippen LogP contribution in [0.2, 0.25) is 0 Å². The lowest BCUT2D eigenvalue weighted by Gasteiger charge is -2.48. The van der Waals surface area contributed by atoms with Gasteiger partial charge >= 0.3 is 5.97 Å². The monoisotopic (exact) mass is 351 g/mol. The largest absolute Gasteiger partial charge is 0.463 e. The number of hydrogen-bond acceptors (Lipinski definition) is 6. The molecule has 1 N–H and O–H groups in total. The first-order valence-corrected chi connectivity index (χ1v) is 7.95. The highest BCUT2D eigenvalue weighted by atomic mass is 19.1. The van der Waals surface area contributed by atoms with Crippen LogP contribution in [0.5, 0.6) is 0 Å². The van der Waals surface area contributed by atoms with Crippen molar-refractivity contribution in [2.45, 2.75) is 42.9 Å². The molecule has 0 aromatic heterocycles. The van der Waals surface area contributed by atoms with E-state index >= 15 is 0 Å². The van der Waals surface area contributed by atoms with Gasteiger partial charge in [-0.2, -0.15) is 0 Å². The fourth-order valence-corrected chi connectivity index (χ4v) is 3.81. The van der Waals surface area contributed by atoms with Crippen molar-refractivity contribution in [2.75, 3.05) is 7.11 Å². The number of nitrogens with zero attached hydrogens (tertiary/aromatic N) is 1. The molecule has 7 nitrogen and oxygen atoms in total. The van der Waals surface area contributed by atoms with Gasteiger partial charge in [0.05, 0.1) is 13.0 Å². The third-order valence-corrected chi connectivity index (χ3v) is 5.05. The van der Waals surface area contributed by atoms with E-state index in [0.717, 1.165) is 7.11 Å². The zero-order valence-corrected chi connectivity index (χ0v) is 13.6. The van der Waals surface area contributed by atoms with Crippen molar-refractivity contribution in [2.24, 2.45) is 0 Å². The summed E-state index contributed by atoms with van der Waals surface area (Å²) in [5.74, 6) is -4.70. The smallest absolute Gasteiger partial charge is 0.373 e. The number of rotatable bonds is 3. The van der Waals surface area contributed by atoms with E-state index in [0.29, 0.717) is 18.4 Å². The minimum atomic E-state index is -2.15. The van der Waals surface area contributed by atoms with Gasteiger partial charge in [-0.15, -0.1) is 0 Å². The molecule has 1 fully saturated rings. The van der Waals surface area contributed by atoms with Crippen LogP contribution < -0.4 is 0 Å². The average Bonchev–Trinajstić information content (AvgIpc) is 2.59. The molecule has 3 rings (SSSR count). The summed E-state index contributed by atoms with van der Waals surface area (Å²) in [4.78, 5) is 23.5. The van der Waals surface area contributed by atoms with Crippen LogP contribution in [0.25, 0.3) is 0 Å². The number of carbonyl (C=O) groups excluding carboxylic acids is 1. The van der Waals surface area contributed by atoms with Crippen LogP contribution in [0.1, 0.15) is 37.2 Å². The topological polar surface area (TPSA) is 98.9 Å². The normalized spacial score (nSPS) is 31.3. The number of methoxy groups -OCH3 is 1. The lowest BCUT2D eigenvalue weighted by Crippen LogP contribution is -2.67. The Bertz CT molecular complexity index is 733. The summed E-state index contributed by atoms with van der Waals surface area (Å²) in [6, 6.07) is 5.20. The minimum absolute atomic E-state index is 0.0139. The van der Waals surface area contributed by atoms with Gasteiger partial charge in [-0.3, -0.25) is 10.1 Å². The fourth-order valence-electron chi connectivity index (χ4n) is 3.81. The zero-order chi connectivity index (χ0) is 18.2. The Kier molecular flexibility index (Phi) is 4.24. The van der Waals surface area contributed by atoms with Gasteiger partial charge in [-0.1, -0.05) is 12.1 Å². The van der Waals surface area contributed by atoms with Gasteiger partial charge in [0.25, 0.3) is 11.3 Å². The lowest BCUT2D eigenvalue weighted by molar-refractivity contribution is -0.623. The highest BCUT2D eigenvalue weighted by molar-refractivity contribution is 5.86. The van der Waals surface area contributed by atoms with Gasteiger partial charge in [0.1, 0.15) is 5.82 Å². The van der Waals surface area contributed by atoms with Crippen molar-refractivity contribution < 1.29 is 28.7 Å². The number of halogens is 1. The van der Waals surface area contributed by atoms with Crippen molar-refractivity contribution in [1.29, 1.82) is 0 Å². The van der Waals surface area contributed by atoms with Crippen molar-refractivity contribution in [3.8, 4) is 0 Å². The quantitative estimate of drug-likeness (QED) is 0.509. The maximum atomic E-state index is 13.3. The predicted molar refractivity (Wildman–Crippen MR) is 83.5 cm³/mol. The molecule has 1 aromatic rings. The predicted octanol–water partition coefficient (Wildman–Crippen LogP) is 2.27. The summed E-state index contributed by atoms with van der Waals surface area (Å²) < 4.78 is 23.3. The van der Waals surface area contributed by atoms with Gasteiger partial charge in [-0.25, -0.2) is 9.18 Å². The minimum Gasteiger partial charge on any atom is -0.463 e. The van der Waals surface area contributed by atoms with E-state index in [1.165, 1.54) is 30.3 Å². The Morgan fingerprint density at radius 1 is 1.36 bits per heavy atom. The number of benzene rings is 1. The average molecular weight is 351 g/mol. The van der Waals surface area contributed by atoms with Crippen molar-refractivity contribution in [3.63, 3.8) is 0 Å². The first-order valence-electron chi connectivity index (χ1n) is 7.95. The molecule has 2 aliphatic rings. The third-order valence-electron chi connectivity index (χ3n) is 5.05. The highest BCUT2D eigenvalue weighted by Gasteiger charge is 2.70. The third kappa shape index (κ3) is 2.57. The second-order valence-corrected chi connectivity index (χ2v) is 6.33. The number of aliphatic hydroxyl groups is 1. The molecule has 134 valence electrons. The van der Waals surface area contributed by atoms with Gasteiger partial charge in [0.2, 0.25) is 5.76 Å².